The van der Waals surface area contributed by atoms with Crippen LogP contribution in [0.4, 0.5) is 11.6 Å². The summed E-state index contributed by atoms with van der Waals surface area (Å²) in [5.41, 5.74) is 11.0. The normalized spacial score (nSPS) is 11.4. The molecule has 1 unspecified atom stereocenters. The Morgan fingerprint density at radius 2 is 1.97 bits per heavy atom. The Kier molecular flexibility index (Phi) is 13.5. The van der Waals surface area contributed by atoms with Gasteiger partial charge in [0.1, 0.15) is 20.0 Å². The molecular weight excluding hydrogens is 479 g/mol. The molecule has 0 aromatic carbocycles. The number of carbonyl (C=O) groups is 1. The molecule has 12 heteroatoms. The molecule has 0 saturated heterocycles. The van der Waals surface area contributed by atoms with Crippen LogP contribution in [-0.4, -0.2) is 38.3 Å². The Morgan fingerprint density at radius 1 is 1.26 bits per heavy atom. The average Bonchev–Trinajstić information content (AvgIpc) is 2.73. The lowest BCUT2D eigenvalue weighted by molar-refractivity contribution is -0.144. The highest BCUT2D eigenvalue weighted by atomic mass is 35.5. The zero-order valence-electron chi connectivity index (χ0n) is 17.6. The van der Waals surface area contributed by atoms with E-state index in [0.717, 1.165) is 12.8 Å². The van der Waals surface area contributed by atoms with Crippen LogP contribution in [0.2, 0.25) is 10.3 Å². The van der Waals surface area contributed by atoms with Gasteiger partial charge in [-0.05, 0) is 12.3 Å². The van der Waals surface area contributed by atoms with Crippen molar-refractivity contribution >= 4 is 64.8 Å². The molecule has 0 fully saturated rings. The summed E-state index contributed by atoms with van der Waals surface area (Å²) in [6.45, 7) is 4.82. The van der Waals surface area contributed by atoms with Crippen molar-refractivity contribution in [3.63, 3.8) is 0 Å². The molecule has 0 aliphatic heterocycles. The van der Waals surface area contributed by atoms with Crippen LogP contribution in [0, 0.1) is 10.6 Å². The summed E-state index contributed by atoms with van der Waals surface area (Å²) in [4.78, 5) is 26.1. The number of nitrogens with one attached hydrogen (secondary N) is 1. The van der Waals surface area contributed by atoms with Gasteiger partial charge >= 0.3 is 5.97 Å². The summed E-state index contributed by atoms with van der Waals surface area (Å²) in [7, 11) is 0. The van der Waals surface area contributed by atoms with Gasteiger partial charge < -0.3 is 21.2 Å². The largest absolute Gasteiger partial charge is 0.465 e. The molecule has 172 valence electrons. The lowest BCUT2D eigenvalue weighted by Crippen LogP contribution is -2.14. The van der Waals surface area contributed by atoms with Crippen molar-refractivity contribution < 1.29 is 9.53 Å². The fourth-order valence-corrected chi connectivity index (χ4v) is 3.46. The van der Waals surface area contributed by atoms with Gasteiger partial charge in [0.15, 0.2) is 11.6 Å². The van der Waals surface area contributed by atoms with E-state index in [9.17, 15) is 4.79 Å². The van der Waals surface area contributed by atoms with Crippen molar-refractivity contribution in [2.24, 2.45) is 5.92 Å². The van der Waals surface area contributed by atoms with Gasteiger partial charge in [-0.25, -0.2) is 15.0 Å². The van der Waals surface area contributed by atoms with Crippen molar-refractivity contribution in [3.05, 3.63) is 27.3 Å². The van der Waals surface area contributed by atoms with Gasteiger partial charge in [0.25, 0.3) is 0 Å². The van der Waals surface area contributed by atoms with Crippen LogP contribution in [0.3, 0.4) is 0 Å². The highest BCUT2D eigenvalue weighted by Crippen LogP contribution is 2.22. The molecule has 1 atom stereocenters. The van der Waals surface area contributed by atoms with E-state index in [1.54, 1.807) is 0 Å². The number of nitrogen functional groups attached to an aromatic ring is 2. The predicted molar refractivity (Wildman–Crippen MR) is 130 cm³/mol. The Labute approximate surface area is 201 Å². The lowest BCUT2D eigenvalue weighted by atomic mass is 10.0. The number of anilines is 2. The van der Waals surface area contributed by atoms with E-state index in [1.807, 2.05) is 0 Å². The predicted octanol–water partition coefficient (Wildman–Crippen LogP) is 5.33. The number of carbonyl (C=O) groups excluding carboxylic acids is 1. The van der Waals surface area contributed by atoms with Gasteiger partial charge in [-0.1, -0.05) is 68.5 Å². The number of hydrogen-bond donors (Lipinski definition) is 3. The molecule has 8 nitrogen and oxygen atoms in total. The summed E-state index contributed by atoms with van der Waals surface area (Å²) < 4.78 is 5.75. The van der Waals surface area contributed by atoms with Gasteiger partial charge in [-0.3, -0.25) is 4.79 Å². The smallest absolute Gasteiger partial charge is 0.306 e. The number of halogens is 2. The monoisotopic (exact) mass is 506 g/mol. The molecule has 0 bridgehead atoms. The maximum Gasteiger partial charge on any atom is 0.306 e. The molecule has 2 aromatic heterocycles. The molecule has 0 aliphatic rings. The van der Waals surface area contributed by atoms with Gasteiger partial charge in [0.05, 0.1) is 19.2 Å². The number of hydrogen-bond acceptors (Lipinski definition) is 9. The minimum atomic E-state index is -0.178. The molecule has 2 heterocycles. The van der Waals surface area contributed by atoms with E-state index >= 15 is 0 Å². The molecule has 0 radical (unpaired) electrons. The number of rotatable bonds is 10. The topological polar surface area (TPSA) is 133 Å². The second-order valence-electron chi connectivity index (χ2n) is 6.52. The number of aromatic amines is 1. The Balaban J connectivity index is 0.000000442. The molecule has 2 rings (SSSR count). The molecule has 0 saturated carbocycles. The summed E-state index contributed by atoms with van der Waals surface area (Å²) >= 11 is 17.2. The van der Waals surface area contributed by atoms with Crippen LogP contribution < -0.4 is 11.5 Å². The van der Waals surface area contributed by atoms with Crippen LogP contribution >= 0.6 is 47.2 Å². The number of nitrogens with zero attached hydrogens (tertiary/aromatic N) is 3. The average molecular weight is 508 g/mol. The third-order valence-corrected chi connectivity index (χ3v) is 5.78. The molecule has 2 aromatic rings. The third kappa shape index (κ3) is 11.5. The quantitative estimate of drug-likeness (QED) is 0.222. The molecular formula is C19H28Cl2N6O2S2. The van der Waals surface area contributed by atoms with Gasteiger partial charge in [0.2, 0.25) is 0 Å². The molecule has 0 amide bonds. The lowest BCUT2D eigenvalue weighted by Gasteiger charge is -2.14. The second-order valence-corrected chi connectivity index (χ2v) is 8.79. The van der Waals surface area contributed by atoms with E-state index in [0.29, 0.717) is 39.5 Å². The highest BCUT2D eigenvalue weighted by molar-refractivity contribution is 7.99. The first-order valence-electron chi connectivity index (χ1n) is 9.83. The minimum Gasteiger partial charge on any atom is -0.465 e. The second kappa shape index (κ2) is 15.2. The van der Waals surface area contributed by atoms with Gasteiger partial charge in [-0.15, -0.1) is 11.8 Å². The summed E-state index contributed by atoms with van der Waals surface area (Å²) in [5, 5.41) is 1.17. The van der Waals surface area contributed by atoms with Crippen molar-refractivity contribution in [3.8, 4) is 0 Å². The fraction of sp³-hybridized carbons (Fsp3) is 0.526. The Bertz CT molecular complexity index is 885. The minimum absolute atomic E-state index is 0.178. The molecule has 0 aliphatic carbocycles. The van der Waals surface area contributed by atoms with Crippen molar-refractivity contribution in [2.75, 3.05) is 23.8 Å². The van der Waals surface area contributed by atoms with Crippen molar-refractivity contribution in [2.45, 2.75) is 51.0 Å². The first-order chi connectivity index (χ1) is 14.8. The van der Waals surface area contributed by atoms with Crippen molar-refractivity contribution in [1.82, 2.24) is 19.9 Å². The number of thioether (sulfide) groups is 1. The zero-order valence-corrected chi connectivity index (χ0v) is 20.7. The number of nitrogens with two attached hydrogens (primary N) is 2. The van der Waals surface area contributed by atoms with Crippen LogP contribution in [0.1, 0.15) is 46.0 Å². The standard InChI is InChI=1S/C15H24ClN3O2S.C4H4ClN3S/c1-3-5-6-11(4-2)10-21-13(20)7-8-22-15-14(17)19-12(16)9-18-15;5-2-1-7-4(9)3(6)8-2/h9,11H,3-8,10H2,1-2H3,(H2,17,19);1H,(H2,6,8)(H,7,9). The number of ether oxygens (including phenoxy) is 1. The van der Waals surface area contributed by atoms with E-state index in [4.69, 9.17) is 51.6 Å². The van der Waals surface area contributed by atoms with E-state index < -0.39 is 0 Å². The van der Waals surface area contributed by atoms with Crippen LogP contribution in [0.5, 0.6) is 0 Å². The number of H-pyrrole nitrogens is 1. The van der Waals surface area contributed by atoms with E-state index in [2.05, 4.69) is 33.8 Å². The maximum atomic E-state index is 11.7. The fourth-order valence-electron chi connectivity index (χ4n) is 2.29. The Hall–Kier alpha value is -1.62. The van der Waals surface area contributed by atoms with Crippen LogP contribution in [0.25, 0.3) is 0 Å². The van der Waals surface area contributed by atoms with Crippen LogP contribution in [0.15, 0.2) is 17.4 Å². The summed E-state index contributed by atoms with van der Waals surface area (Å²) in [6, 6.07) is 0. The number of esters is 1. The number of aromatic nitrogens is 4. The molecule has 0 spiro atoms. The maximum absolute atomic E-state index is 11.7. The SMILES string of the molecule is CCCCC(CC)COC(=O)CCSc1ncc(Cl)nc1N.Nc1nc(Cl)c[nH]c1=S. The zero-order chi connectivity index (χ0) is 23.2. The highest BCUT2D eigenvalue weighted by Gasteiger charge is 2.11. The van der Waals surface area contributed by atoms with Gasteiger partial charge in [-0.2, -0.15) is 0 Å². The number of unbranched alkanes of at least 4 members (excludes halogenated alkanes) is 1. The summed E-state index contributed by atoms with van der Waals surface area (Å²) in [6.07, 6.45) is 7.77. The third-order valence-electron chi connectivity index (χ3n) is 4.09. The van der Waals surface area contributed by atoms with Crippen LogP contribution in [-0.2, 0) is 9.53 Å². The molecule has 5 N–H and O–H groups in total. The van der Waals surface area contributed by atoms with E-state index in [1.165, 1.54) is 37.0 Å². The first kappa shape index (κ1) is 27.4. The van der Waals surface area contributed by atoms with E-state index in [-0.39, 0.29) is 22.8 Å². The van der Waals surface area contributed by atoms with Crippen molar-refractivity contribution in [1.29, 1.82) is 0 Å². The Morgan fingerprint density at radius 3 is 2.55 bits per heavy atom. The van der Waals surface area contributed by atoms with Gasteiger partial charge in [0, 0.05) is 11.9 Å². The molecule has 31 heavy (non-hydrogen) atoms. The first-order valence-corrected chi connectivity index (χ1v) is 12.0. The summed E-state index contributed by atoms with van der Waals surface area (Å²) in [5.74, 6) is 1.40.